The van der Waals surface area contributed by atoms with Crippen LogP contribution in [-0.4, -0.2) is 11.8 Å². The number of ether oxygens (including phenoxy) is 1. The third-order valence-corrected chi connectivity index (χ3v) is 4.22. The minimum Gasteiger partial charge on any atom is -0.493 e. The largest absolute Gasteiger partial charge is 0.493 e. The van der Waals surface area contributed by atoms with Crippen molar-refractivity contribution in [2.24, 2.45) is 0 Å². The monoisotopic (exact) mass is 271 g/mol. The molecule has 106 valence electrons. The van der Waals surface area contributed by atoms with E-state index in [1.54, 1.807) is 0 Å². The van der Waals surface area contributed by atoms with Crippen LogP contribution in [0.4, 0.5) is 0 Å². The Morgan fingerprint density at radius 1 is 1.15 bits per heavy atom. The SMILES string of the molecule is C=C(C1=C(NO)CCCC1)c1ccc2c(c1)CCCO2. The third kappa shape index (κ3) is 2.46. The highest BCUT2D eigenvalue weighted by Crippen LogP contribution is 2.35. The van der Waals surface area contributed by atoms with E-state index in [0.717, 1.165) is 73.3 Å². The van der Waals surface area contributed by atoms with Gasteiger partial charge in [0.1, 0.15) is 5.75 Å². The molecule has 0 saturated heterocycles. The summed E-state index contributed by atoms with van der Waals surface area (Å²) in [6.45, 7) is 5.06. The van der Waals surface area contributed by atoms with E-state index in [4.69, 9.17) is 4.74 Å². The van der Waals surface area contributed by atoms with E-state index < -0.39 is 0 Å². The first kappa shape index (κ1) is 13.3. The summed E-state index contributed by atoms with van der Waals surface area (Å²) in [6.07, 6.45) is 6.31. The summed E-state index contributed by atoms with van der Waals surface area (Å²) in [5.74, 6) is 1.01. The first-order valence-electron chi connectivity index (χ1n) is 7.37. The topological polar surface area (TPSA) is 41.5 Å². The van der Waals surface area contributed by atoms with Crippen molar-refractivity contribution >= 4 is 5.57 Å². The molecule has 2 aliphatic rings. The molecule has 0 bridgehead atoms. The van der Waals surface area contributed by atoms with E-state index in [1.807, 2.05) is 6.07 Å². The predicted molar refractivity (Wildman–Crippen MR) is 79.7 cm³/mol. The summed E-state index contributed by atoms with van der Waals surface area (Å²) in [5, 5.41) is 9.28. The Hall–Kier alpha value is -1.74. The molecule has 0 spiro atoms. The molecule has 1 aliphatic heterocycles. The van der Waals surface area contributed by atoms with Crippen molar-refractivity contribution < 1.29 is 9.94 Å². The maximum atomic E-state index is 9.28. The first-order valence-corrected chi connectivity index (χ1v) is 7.37. The van der Waals surface area contributed by atoms with Gasteiger partial charge in [0.2, 0.25) is 0 Å². The van der Waals surface area contributed by atoms with Gasteiger partial charge in [0.15, 0.2) is 0 Å². The second kappa shape index (κ2) is 5.71. The molecule has 0 fully saturated rings. The molecule has 3 rings (SSSR count). The number of rotatable bonds is 3. The summed E-state index contributed by atoms with van der Waals surface area (Å²) in [4.78, 5) is 0. The fourth-order valence-electron chi connectivity index (χ4n) is 3.08. The molecule has 1 heterocycles. The van der Waals surface area contributed by atoms with Crippen molar-refractivity contribution in [3.63, 3.8) is 0 Å². The van der Waals surface area contributed by atoms with E-state index >= 15 is 0 Å². The number of nitrogens with one attached hydrogen (secondary N) is 1. The number of allylic oxidation sites excluding steroid dienone is 3. The first-order chi connectivity index (χ1) is 9.79. The Morgan fingerprint density at radius 2 is 2.00 bits per heavy atom. The van der Waals surface area contributed by atoms with Crippen molar-refractivity contribution in [2.45, 2.75) is 38.5 Å². The number of aryl methyl sites for hydroxylation is 1. The average molecular weight is 271 g/mol. The molecule has 0 atom stereocenters. The van der Waals surface area contributed by atoms with Gasteiger partial charge in [-0.25, -0.2) is 0 Å². The Bertz CT molecular complexity index is 560. The zero-order valence-corrected chi connectivity index (χ0v) is 11.7. The maximum absolute atomic E-state index is 9.28. The van der Waals surface area contributed by atoms with Crippen LogP contribution in [0.25, 0.3) is 5.57 Å². The van der Waals surface area contributed by atoms with E-state index in [2.05, 4.69) is 24.2 Å². The summed E-state index contributed by atoms with van der Waals surface area (Å²) >= 11 is 0. The van der Waals surface area contributed by atoms with Crippen LogP contribution in [0.1, 0.15) is 43.2 Å². The number of hydrogen-bond donors (Lipinski definition) is 2. The van der Waals surface area contributed by atoms with Crippen LogP contribution in [0.5, 0.6) is 5.75 Å². The summed E-state index contributed by atoms with van der Waals surface area (Å²) in [6, 6.07) is 6.31. The Morgan fingerprint density at radius 3 is 2.85 bits per heavy atom. The van der Waals surface area contributed by atoms with Crippen LogP contribution in [0, 0.1) is 0 Å². The fraction of sp³-hybridized carbons (Fsp3) is 0.412. The molecule has 1 aromatic carbocycles. The van der Waals surface area contributed by atoms with Gasteiger partial charge in [0, 0.05) is 5.70 Å². The summed E-state index contributed by atoms with van der Waals surface area (Å²) < 4.78 is 5.65. The third-order valence-electron chi connectivity index (χ3n) is 4.22. The second-order valence-electron chi connectivity index (χ2n) is 5.53. The van der Waals surface area contributed by atoms with E-state index in [0.29, 0.717) is 0 Å². The lowest BCUT2D eigenvalue weighted by Crippen LogP contribution is -2.14. The quantitative estimate of drug-likeness (QED) is 0.821. The van der Waals surface area contributed by atoms with Crippen molar-refractivity contribution in [1.82, 2.24) is 5.48 Å². The van der Waals surface area contributed by atoms with Gasteiger partial charge in [-0.3, -0.25) is 10.7 Å². The van der Waals surface area contributed by atoms with Crippen LogP contribution in [0.2, 0.25) is 0 Å². The zero-order chi connectivity index (χ0) is 13.9. The van der Waals surface area contributed by atoms with Gasteiger partial charge in [-0.2, -0.15) is 0 Å². The number of fused-ring (bicyclic) bond motifs is 1. The molecule has 3 nitrogen and oxygen atoms in total. The van der Waals surface area contributed by atoms with E-state index in [1.165, 1.54) is 5.56 Å². The molecule has 0 aromatic heterocycles. The molecule has 0 saturated carbocycles. The van der Waals surface area contributed by atoms with E-state index in [-0.39, 0.29) is 0 Å². The smallest absolute Gasteiger partial charge is 0.122 e. The molecular formula is C17H21NO2. The van der Waals surface area contributed by atoms with Gasteiger partial charge < -0.3 is 4.74 Å². The van der Waals surface area contributed by atoms with Gasteiger partial charge in [-0.1, -0.05) is 12.6 Å². The Labute approximate surface area is 119 Å². The molecule has 2 N–H and O–H groups in total. The lowest BCUT2D eigenvalue weighted by atomic mass is 9.87. The molecule has 1 aliphatic carbocycles. The number of hydroxylamine groups is 1. The van der Waals surface area contributed by atoms with Crippen LogP contribution in [-0.2, 0) is 6.42 Å². The van der Waals surface area contributed by atoms with Crippen LogP contribution in [0.15, 0.2) is 36.0 Å². The molecule has 0 amide bonds. The van der Waals surface area contributed by atoms with Crippen LogP contribution in [0.3, 0.4) is 0 Å². The highest BCUT2D eigenvalue weighted by Gasteiger charge is 2.18. The van der Waals surface area contributed by atoms with Crippen molar-refractivity contribution in [2.75, 3.05) is 6.61 Å². The van der Waals surface area contributed by atoms with Gasteiger partial charge in [0.05, 0.1) is 6.61 Å². The van der Waals surface area contributed by atoms with Crippen molar-refractivity contribution in [1.29, 1.82) is 0 Å². The predicted octanol–water partition coefficient (Wildman–Crippen LogP) is 3.83. The van der Waals surface area contributed by atoms with Crippen molar-refractivity contribution in [3.05, 3.63) is 47.2 Å². The highest BCUT2D eigenvalue weighted by molar-refractivity contribution is 5.79. The minimum atomic E-state index is 0.816. The molecule has 0 unspecified atom stereocenters. The molecular weight excluding hydrogens is 250 g/mol. The number of benzene rings is 1. The molecule has 1 aromatic rings. The summed E-state index contributed by atoms with van der Waals surface area (Å²) in [7, 11) is 0. The van der Waals surface area contributed by atoms with Crippen LogP contribution < -0.4 is 10.2 Å². The second-order valence-corrected chi connectivity index (χ2v) is 5.53. The maximum Gasteiger partial charge on any atom is 0.122 e. The normalized spacial score (nSPS) is 18.2. The zero-order valence-electron chi connectivity index (χ0n) is 11.7. The minimum absolute atomic E-state index is 0.816. The highest BCUT2D eigenvalue weighted by atomic mass is 16.5. The lowest BCUT2D eigenvalue weighted by Gasteiger charge is -2.23. The van der Waals surface area contributed by atoms with Gasteiger partial charge in [-0.15, -0.1) is 0 Å². The van der Waals surface area contributed by atoms with Gasteiger partial charge in [-0.05, 0) is 72.9 Å². The molecule has 3 heteroatoms. The average Bonchev–Trinajstić information content (AvgIpc) is 2.53. The standard InChI is InChI=1S/C17H21NO2/c1-12(15-6-2-3-7-16(15)18-19)13-8-9-17-14(11-13)5-4-10-20-17/h8-9,11,18-19H,1-7,10H2. The lowest BCUT2D eigenvalue weighted by molar-refractivity contribution is 0.192. The Balaban J connectivity index is 1.92. The van der Waals surface area contributed by atoms with Gasteiger partial charge in [0.25, 0.3) is 0 Å². The fourth-order valence-corrected chi connectivity index (χ4v) is 3.08. The molecule has 20 heavy (non-hydrogen) atoms. The summed E-state index contributed by atoms with van der Waals surface area (Å²) in [5.41, 5.74) is 7.88. The molecule has 0 radical (unpaired) electrons. The Kier molecular flexibility index (Phi) is 3.79. The number of hydrogen-bond acceptors (Lipinski definition) is 3. The van der Waals surface area contributed by atoms with E-state index in [9.17, 15) is 5.21 Å². The van der Waals surface area contributed by atoms with Crippen molar-refractivity contribution in [3.8, 4) is 5.75 Å². The van der Waals surface area contributed by atoms with Crippen LogP contribution >= 0.6 is 0 Å². The van der Waals surface area contributed by atoms with Gasteiger partial charge >= 0.3 is 0 Å².